The SMILES string of the molecule is CC(C)(C)OC(=O)Nc1cc(C=O)cc(O)c1F. The lowest BCUT2D eigenvalue weighted by Gasteiger charge is -2.20. The van der Waals surface area contributed by atoms with Gasteiger partial charge in [-0.1, -0.05) is 0 Å². The maximum absolute atomic E-state index is 13.5. The molecule has 0 bridgehead atoms. The third-order valence-corrected chi connectivity index (χ3v) is 1.85. The van der Waals surface area contributed by atoms with E-state index >= 15 is 0 Å². The number of phenolic OH excluding ortho intramolecular Hbond substituents is 1. The quantitative estimate of drug-likeness (QED) is 0.796. The van der Waals surface area contributed by atoms with Crippen molar-refractivity contribution < 1.29 is 23.8 Å². The van der Waals surface area contributed by atoms with Crippen LogP contribution in [-0.4, -0.2) is 23.1 Å². The number of benzene rings is 1. The van der Waals surface area contributed by atoms with Gasteiger partial charge >= 0.3 is 6.09 Å². The second-order valence-corrected chi connectivity index (χ2v) is 4.65. The Morgan fingerprint density at radius 1 is 1.44 bits per heavy atom. The predicted octanol–water partition coefficient (Wildman–Crippen LogP) is 2.69. The first-order valence-corrected chi connectivity index (χ1v) is 5.20. The summed E-state index contributed by atoms with van der Waals surface area (Å²) in [5, 5.41) is 11.4. The van der Waals surface area contributed by atoms with E-state index in [-0.39, 0.29) is 11.3 Å². The summed E-state index contributed by atoms with van der Waals surface area (Å²) in [6, 6.07) is 2.06. The van der Waals surface area contributed by atoms with Gasteiger partial charge in [0.2, 0.25) is 0 Å². The van der Waals surface area contributed by atoms with Gasteiger partial charge in [-0.15, -0.1) is 0 Å². The topological polar surface area (TPSA) is 75.6 Å². The van der Waals surface area contributed by atoms with E-state index in [0.717, 1.165) is 12.1 Å². The third-order valence-electron chi connectivity index (χ3n) is 1.85. The number of ether oxygens (including phenoxy) is 1. The number of aldehydes is 1. The molecule has 1 amide bonds. The molecule has 0 aliphatic rings. The molecule has 0 heterocycles. The zero-order valence-electron chi connectivity index (χ0n) is 10.3. The second kappa shape index (κ2) is 5.03. The Morgan fingerprint density at radius 2 is 2.06 bits per heavy atom. The van der Waals surface area contributed by atoms with Gasteiger partial charge < -0.3 is 9.84 Å². The smallest absolute Gasteiger partial charge is 0.412 e. The molecule has 0 saturated carbocycles. The summed E-state index contributed by atoms with van der Waals surface area (Å²) in [5.74, 6) is -1.74. The Hall–Kier alpha value is -2.11. The number of nitrogens with one attached hydrogen (secondary N) is 1. The zero-order valence-corrected chi connectivity index (χ0v) is 10.3. The highest BCUT2D eigenvalue weighted by Gasteiger charge is 2.18. The van der Waals surface area contributed by atoms with E-state index in [9.17, 15) is 19.1 Å². The highest BCUT2D eigenvalue weighted by molar-refractivity contribution is 5.88. The lowest BCUT2D eigenvalue weighted by molar-refractivity contribution is 0.0635. The average molecular weight is 255 g/mol. The number of halogens is 1. The van der Waals surface area contributed by atoms with Crippen molar-refractivity contribution in [3.63, 3.8) is 0 Å². The first-order chi connectivity index (χ1) is 8.23. The largest absolute Gasteiger partial charge is 0.505 e. The van der Waals surface area contributed by atoms with Crippen molar-refractivity contribution in [2.24, 2.45) is 0 Å². The van der Waals surface area contributed by atoms with Crippen molar-refractivity contribution in [2.75, 3.05) is 5.32 Å². The fourth-order valence-electron chi connectivity index (χ4n) is 1.20. The van der Waals surface area contributed by atoms with Crippen molar-refractivity contribution >= 4 is 18.1 Å². The molecule has 1 rings (SSSR count). The molecule has 0 aliphatic carbocycles. The van der Waals surface area contributed by atoms with Gasteiger partial charge in [0.1, 0.15) is 11.9 Å². The van der Waals surface area contributed by atoms with Crippen LogP contribution in [0.3, 0.4) is 0 Å². The fourth-order valence-corrected chi connectivity index (χ4v) is 1.20. The van der Waals surface area contributed by atoms with Crippen molar-refractivity contribution in [2.45, 2.75) is 26.4 Å². The van der Waals surface area contributed by atoms with Crippen LogP contribution in [0.25, 0.3) is 0 Å². The molecule has 2 N–H and O–H groups in total. The van der Waals surface area contributed by atoms with Gasteiger partial charge in [0.05, 0.1) is 5.69 Å². The minimum absolute atomic E-state index is 0.0416. The lowest BCUT2D eigenvalue weighted by atomic mass is 10.2. The summed E-state index contributed by atoms with van der Waals surface area (Å²) in [5.41, 5.74) is -1.00. The number of hydrogen-bond acceptors (Lipinski definition) is 4. The van der Waals surface area contributed by atoms with Gasteiger partial charge in [0, 0.05) is 5.56 Å². The van der Waals surface area contributed by atoms with E-state index < -0.39 is 23.3 Å². The molecule has 0 atom stereocenters. The number of anilines is 1. The van der Waals surface area contributed by atoms with Crippen molar-refractivity contribution in [1.82, 2.24) is 0 Å². The second-order valence-electron chi connectivity index (χ2n) is 4.65. The molecule has 0 fully saturated rings. The highest BCUT2D eigenvalue weighted by atomic mass is 19.1. The van der Waals surface area contributed by atoms with E-state index in [2.05, 4.69) is 5.32 Å². The highest BCUT2D eigenvalue weighted by Crippen LogP contribution is 2.25. The van der Waals surface area contributed by atoms with Crippen LogP contribution in [0.1, 0.15) is 31.1 Å². The van der Waals surface area contributed by atoms with E-state index in [1.165, 1.54) is 0 Å². The monoisotopic (exact) mass is 255 g/mol. The van der Waals surface area contributed by atoms with E-state index in [4.69, 9.17) is 4.74 Å². The van der Waals surface area contributed by atoms with Crippen LogP contribution in [0.5, 0.6) is 5.75 Å². The molecule has 1 aromatic rings. The molecule has 98 valence electrons. The van der Waals surface area contributed by atoms with Crippen LogP contribution in [0.4, 0.5) is 14.9 Å². The zero-order chi connectivity index (χ0) is 13.9. The van der Waals surface area contributed by atoms with Gasteiger partial charge in [-0.2, -0.15) is 0 Å². The lowest BCUT2D eigenvalue weighted by Crippen LogP contribution is -2.27. The van der Waals surface area contributed by atoms with E-state index in [1.54, 1.807) is 20.8 Å². The van der Waals surface area contributed by atoms with Crippen molar-refractivity contribution in [1.29, 1.82) is 0 Å². The van der Waals surface area contributed by atoms with Gasteiger partial charge in [-0.25, -0.2) is 9.18 Å². The molecule has 5 nitrogen and oxygen atoms in total. The first-order valence-electron chi connectivity index (χ1n) is 5.20. The van der Waals surface area contributed by atoms with E-state index in [1.807, 2.05) is 0 Å². The number of carbonyl (C=O) groups is 2. The van der Waals surface area contributed by atoms with Crippen LogP contribution >= 0.6 is 0 Å². The minimum atomic E-state index is -1.02. The molecular weight excluding hydrogens is 241 g/mol. The average Bonchev–Trinajstić information content (AvgIpc) is 2.21. The van der Waals surface area contributed by atoms with Crippen molar-refractivity contribution in [3.8, 4) is 5.75 Å². The van der Waals surface area contributed by atoms with Gasteiger partial charge in [-0.05, 0) is 32.9 Å². The Kier molecular flexibility index (Phi) is 3.90. The number of phenols is 1. The normalized spacial score (nSPS) is 10.9. The molecule has 0 saturated heterocycles. The molecule has 18 heavy (non-hydrogen) atoms. The predicted molar refractivity (Wildman–Crippen MR) is 63.3 cm³/mol. The Labute approximate surface area is 104 Å². The maximum atomic E-state index is 13.5. The number of amides is 1. The Bertz CT molecular complexity index is 480. The van der Waals surface area contributed by atoms with Crippen LogP contribution < -0.4 is 5.32 Å². The Morgan fingerprint density at radius 3 is 2.56 bits per heavy atom. The number of aromatic hydroxyl groups is 1. The third kappa shape index (κ3) is 3.73. The van der Waals surface area contributed by atoms with E-state index in [0.29, 0.717) is 6.29 Å². The molecule has 0 aliphatic heterocycles. The van der Waals surface area contributed by atoms with Crippen molar-refractivity contribution in [3.05, 3.63) is 23.5 Å². The fraction of sp³-hybridized carbons (Fsp3) is 0.333. The molecule has 0 unspecified atom stereocenters. The van der Waals surface area contributed by atoms with Gasteiger partial charge in [0.15, 0.2) is 11.6 Å². The van der Waals surface area contributed by atoms with Crippen LogP contribution in [0.15, 0.2) is 12.1 Å². The maximum Gasteiger partial charge on any atom is 0.412 e. The molecule has 0 spiro atoms. The molecule has 6 heteroatoms. The minimum Gasteiger partial charge on any atom is -0.505 e. The summed E-state index contributed by atoms with van der Waals surface area (Å²) < 4.78 is 18.4. The first kappa shape index (κ1) is 14.0. The number of carbonyl (C=O) groups excluding carboxylic acids is 2. The van der Waals surface area contributed by atoms with Crippen LogP contribution in [0.2, 0.25) is 0 Å². The summed E-state index contributed by atoms with van der Waals surface area (Å²) >= 11 is 0. The van der Waals surface area contributed by atoms with Crippen LogP contribution in [0, 0.1) is 5.82 Å². The van der Waals surface area contributed by atoms with Gasteiger partial charge in [-0.3, -0.25) is 10.1 Å². The summed E-state index contributed by atoms with van der Waals surface area (Å²) in [7, 11) is 0. The number of rotatable bonds is 2. The molecule has 0 aromatic heterocycles. The Balaban J connectivity index is 2.94. The molecular formula is C12H14FNO4. The number of hydrogen-bond donors (Lipinski definition) is 2. The van der Waals surface area contributed by atoms with Gasteiger partial charge in [0.25, 0.3) is 0 Å². The standard InChI is InChI=1S/C12H14FNO4/c1-12(2,3)18-11(17)14-8-4-7(6-15)5-9(16)10(8)13/h4-6,16H,1-3H3,(H,14,17). The molecule has 1 aromatic carbocycles. The van der Waals surface area contributed by atoms with Crippen LogP contribution in [-0.2, 0) is 4.74 Å². The summed E-state index contributed by atoms with van der Waals surface area (Å²) in [6.45, 7) is 4.97. The summed E-state index contributed by atoms with van der Waals surface area (Å²) in [6.07, 6.45) is -0.441. The molecule has 0 radical (unpaired) electrons. The summed E-state index contributed by atoms with van der Waals surface area (Å²) in [4.78, 5) is 22.0.